The van der Waals surface area contributed by atoms with E-state index in [4.69, 9.17) is 4.42 Å². The van der Waals surface area contributed by atoms with Crippen LogP contribution in [0.15, 0.2) is 47.3 Å². The maximum Gasteiger partial charge on any atom is 0.229 e. The highest BCUT2D eigenvalue weighted by Crippen LogP contribution is 2.31. The van der Waals surface area contributed by atoms with Crippen molar-refractivity contribution in [3.63, 3.8) is 0 Å². The first-order valence-corrected chi connectivity index (χ1v) is 5.66. The summed E-state index contributed by atoms with van der Waals surface area (Å²) in [5, 5.41) is 1.03. The molecule has 0 unspecified atom stereocenters. The molecule has 84 valence electrons. The number of aromatic nitrogens is 2. The van der Waals surface area contributed by atoms with E-state index in [2.05, 4.69) is 29.0 Å². The van der Waals surface area contributed by atoms with E-state index in [1.165, 1.54) is 0 Å². The van der Waals surface area contributed by atoms with Gasteiger partial charge < -0.3 is 4.42 Å². The van der Waals surface area contributed by atoms with Gasteiger partial charge in [-0.1, -0.05) is 37.3 Å². The molecule has 0 aliphatic heterocycles. The molecular weight excluding hydrogens is 212 g/mol. The summed E-state index contributed by atoms with van der Waals surface area (Å²) in [6, 6.07) is 10.2. The van der Waals surface area contributed by atoms with Crippen molar-refractivity contribution < 1.29 is 4.42 Å². The molecule has 0 aliphatic rings. The van der Waals surface area contributed by atoms with Crippen molar-refractivity contribution in [3.8, 4) is 11.1 Å². The van der Waals surface area contributed by atoms with Gasteiger partial charge in [0.15, 0.2) is 0 Å². The van der Waals surface area contributed by atoms with Crippen molar-refractivity contribution in [2.45, 2.75) is 13.3 Å². The molecule has 0 radical (unpaired) electrons. The molecule has 0 atom stereocenters. The van der Waals surface area contributed by atoms with Crippen LogP contribution in [-0.2, 0) is 6.42 Å². The van der Waals surface area contributed by atoms with Gasteiger partial charge in [0.1, 0.15) is 12.6 Å². The topological polar surface area (TPSA) is 38.9 Å². The Hall–Kier alpha value is -2.16. The van der Waals surface area contributed by atoms with Gasteiger partial charge in [0.25, 0.3) is 0 Å². The fourth-order valence-electron chi connectivity index (χ4n) is 2.04. The molecule has 3 heteroatoms. The molecule has 0 bridgehead atoms. The highest BCUT2D eigenvalue weighted by molar-refractivity contribution is 5.93. The Kier molecular flexibility index (Phi) is 2.37. The van der Waals surface area contributed by atoms with Gasteiger partial charge in [-0.05, 0) is 12.0 Å². The first-order chi connectivity index (χ1) is 8.40. The molecule has 17 heavy (non-hydrogen) atoms. The molecule has 0 aliphatic carbocycles. The Labute approximate surface area is 99.1 Å². The Balaban J connectivity index is 2.31. The average Bonchev–Trinajstić information content (AvgIpc) is 2.83. The van der Waals surface area contributed by atoms with E-state index in [9.17, 15) is 0 Å². The minimum atomic E-state index is 0.663. The van der Waals surface area contributed by atoms with E-state index in [1.807, 2.05) is 18.2 Å². The van der Waals surface area contributed by atoms with Crippen LogP contribution in [0.5, 0.6) is 0 Å². The normalized spacial score (nSPS) is 10.9. The van der Waals surface area contributed by atoms with Crippen molar-refractivity contribution in [2.75, 3.05) is 0 Å². The number of benzene rings is 1. The molecule has 0 saturated carbocycles. The van der Waals surface area contributed by atoms with Crippen LogP contribution in [0.4, 0.5) is 0 Å². The highest BCUT2D eigenvalue weighted by Gasteiger charge is 2.12. The van der Waals surface area contributed by atoms with Crippen LogP contribution in [0.25, 0.3) is 22.2 Å². The minimum Gasteiger partial charge on any atom is -0.445 e. The largest absolute Gasteiger partial charge is 0.445 e. The molecule has 0 spiro atoms. The lowest BCUT2D eigenvalue weighted by Gasteiger charge is -2.01. The fourth-order valence-corrected chi connectivity index (χ4v) is 2.04. The summed E-state index contributed by atoms with van der Waals surface area (Å²) < 4.78 is 5.49. The van der Waals surface area contributed by atoms with E-state index in [0.29, 0.717) is 5.71 Å². The lowest BCUT2D eigenvalue weighted by atomic mass is 10.0. The predicted octanol–water partition coefficient (Wildman–Crippen LogP) is 3.45. The molecule has 0 saturated heterocycles. The number of furan rings is 1. The van der Waals surface area contributed by atoms with E-state index in [1.54, 1.807) is 12.6 Å². The first-order valence-electron chi connectivity index (χ1n) is 5.66. The summed E-state index contributed by atoms with van der Waals surface area (Å²) in [6.07, 6.45) is 4.19. The van der Waals surface area contributed by atoms with Crippen LogP contribution in [-0.4, -0.2) is 9.97 Å². The summed E-state index contributed by atoms with van der Waals surface area (Å²) in [5.41, 5.74) is 3.90. The zero-order valence-corrected chi connectivity index (χ0v) is 9.55. The maximum atomic E-state index is 5.49. The predicted molar refractivity (Wildman–Crippen MR) is 66.6 cm³/mol. The van der Waals surface area contributed by atoms with E-state index in [0.717, 1.165) is 28.6 Å². The molecule has 0 amide bonds. The van der Waals surface area contributed by atoms with Gasteiger partial charge in [0.2, 0.25) is 5.71 Å². The SMILES string of the molecule is CCc1ncnc2occ(-c3ccccc3)c12. The maximum absolute atomic E-state index is 5.49. The van der Waals surface area contributed by atoms with Crippen LogP contribution in [0, 0.1) is 0 Å². The van der Waals surface area contributed by atoms with E-state index < -0.39 is 0 Å². The number of rotatable bonds is 2. The van der Waals surface area contributed by atoms with Gasteiger partial charge >= 0.3 is 0 Å². The second kappa shape index (κ2) is 4.01. The molecule has 0 N–H and O–H groups in total. The fraction of sp³-hybridized carbons (Fsp3) is 0.143. The Morgan fingerprint density at radius 3 is 2.71 bits per heavy atom. The van der Waals surface area contributed by atoms with Crippen molar-refractivity contribution in [1.82, 2.24) is 9.97 Å². The third kappa shape index (κ3) is 1.60. The number of hydrogen-bond acceptors (Lipinski definition) is 3. The molecule has 2 aromatic heterocycles. The van der Waals surface area contributed by atoms with E-state index in [-0.39, 0.29) is 0 Å². The van der Waals surface area contributed by atoms with Crippen LogP contribution in [0.1, 0.15) is 12.6 Å². The number of hydrogen-bond donors (Lipinski definition) is 0. The van der Waals surface area contributed by atoms with Gasteiger partial charge in [0, 0.05) is 5.56 Å². The Bertz CT molecular complexity index is 644. The zero-order chi connectivity index (χ0) is 11.7. The van der Waals surface area contributed by atoms with Gasteiger partial charge in [-0.2, -0.15) is 0 Å². The molecule has 3 aromatic rings. The number of nitrogens with zero attached hydrogens (tertiary/aromatic N) is 2. The van der Waals surface area contributed by atoms with Gasteiger partial charge in [0.05, 0.1) is 11.1 Å². The van der Waals surface area contributed by atoms with Crippen molar-refractivity contribution in [2.24, 2.45) is 0 Å². The molecule has 2 heterocycles. The van der Waals surface area contributed by atoms with Crippen molar-refractivity contribution in [3.05, 3.63) is 48.6 Å². The summed E-state index contributed by atoms with van der Waals surface area (Å²) in [4.78, 5) is 8.47. The quantitative estimate of drug-likeness (QED) is 0.669. The van der Waals surface area contributed by atoms with Crippen LogP contribution >= 0.6 is 0 Å². The summed E-state index contributed by atoms with van der Waals surface area (Å²) in [7, 11) is 0. The second-order valence-corrected chi connectivity index (χ2v) is 3.87. The Morgan fingerprint density at radius 1 is 1.12 bits per heavy atom. The smallest absolute Gasteiger partial charge is 0.229 e. The standard InChI is InChI=1S/C14H12N2O/c1-2-12-13-11(10-6-4-3-5-7-10)8-17-14(13)16-9-15-12/h3-9H,2H2,1H3. The minimum absolute atomic E-state index is 0.663. The van der Waals surface area contributed by atoms with Gasteiger partial charge in [-0.25, -0.2) is 9.97 Å². The van der Waals surface area contributed by atoms with Crippen LogP contribution in [0.3, 0.4) is 0 Å². The van der Waals surface area contributed by atoms with Crippen LogP contribution < -0.4 is 0 Å². The molecule has 3 nitrogen and oxygen atoms in total. The van der Waals surface area contributed by atoms with E-state index >= 15 is 0 Å². The van der Waals surface area contributed by atoms with Gasteiger partial charge in [-0.3, -0.25) is 0 Å². The monoisotopic (exact) mass is 224 g/mol. The van der Waals surface area contributed by atoms with Crippen molar-refractivity contribution >= 4 is 11.1 Å². The summed E-state index contributed by atoms with van der Waals surface area (Å²) >= 11 is 0. The second-order valence-electron chi connectivity index (χ2n) is 3.87. The summed E-state index contributed by atoms with van der Waals surface area (Å²) in [5.74, 6) is 0. The lowest BCUT2D eigenvalue weighted by molar-refractivity contribution is 0.603. The first kappa shape index (κ1) is 10.0. The van der Waals surface area contributed by atoms with Crippen LogP contribution in [0.2, 0.25) is 0 Å². The average molecular weight is 224 g/mol. The number of fused-ring (bicyclic) bond motifs is 1. The molecule has 0 fully saturated rings. The lowest BCUT2D eigenvalue weighted by Crippen LogP contribution is -1.90. The Morgan fingerprint density at radius 2 is 1.94 bits per heavy atom. The third-order valence-electron chi connectivity index (χ3n) is 2.87. The highest BCUT2D eigenvalue weighted by atomic mass is 16.3. The summed E-state index contributed by atoms with van der Waals surface area (Å²) in [6.45, 7) is 2.09. The molecule has 3 rings (SSSR count). The number of aryl methyl sites for hydroxylation is 1. The zero-order valence-electron chi connectivity index (χ0n) is 9.55. The van der Waals surface area contributed by atoms with Crippen molar-refractivity contribution in [1.29, 1.82) is 0 Å². The van der Waals surface area contributed by atoms with Gasteiger partial charge in [-0.15, -0.1) is 0 Å². The third-order valence-corrected chi connectivity index (χ3v) is 2.87. The molecule has 1 aromatic carbocycles. The molecular formula is C14H12N2O.